The van der Waals surface area contributed by atoms with Crippen LogP contribution in [0.4, 0.5) is 0 Å². The van der Waals surface area contributed by atoms with Crippen LogP contribution >= 0.6 is 11.3 Å². The molecule has 0 saturated carbocycles. The summed E-state index contributed by atoms with van der Waals surface area (Å²) >= 11 is 1.71. The first-order valence-electron chi connectivity index (χ1n) is 5.68. The minimum absolute atomic E-state index is 0.0606. The van der Waals surface area contributed by atoms with Gasteiger partial charge in [-0.3, -0.25) is 0 Å². The molecule has 0 bridgehead atoms. The summed E-state index contributed by atoms with van der Waals surface area (Å²) in [5.41, 5.74) is 0. The Kier molecular flexibility index (Phi) is 3.70. The summed E-state index contributed by atoms with van der Waals surface area (Å²) in [6.45, 7) is 4.29. The van der Waals surface area contributed by atoms with Gasteiger partial charge in [0.15, 0.2) is 9.84 Å². The predicted octanol–water partition coefficient (Wildman–Crippen LogP) is 2.35. The van der Waals surface area contributed by atoms with Gasteiger partial charge in [-0.15, -0.1) is 11.3 Å². The molecule has 94 valence electrons. The molecule has 5 heteroatoms. The molecule has 0 spiro atoms. The molecule has 3 nitrogen and oxygen atoms in total. The van der Waals surface area contributed by atoms with Crippen molar-refractivity contribution < 1.29 is 8.42 Å². The van der Waals surface area contributed by atoms with E-state index >= 15 is 0 Å². The Balaban J connectivity index is 2.08. The van der Waals surface area contributed by atoms with Gasteiger partial charge in [0.25, 0.3) is 0 Å². The minimum Gasteiger partial charge on any atom is -0.302 e. The van der Waals surface area contributed by atoms with Gasteiger partial charge in [0, 0.05) is 22.4 Å². The molecule has 1 aliphatic rings. The van der Waals surface area contributed by atoms with E-state index in [0.29, 0.717) is 5.92 Å². The number of hydrogen-bond acceptors (Lipinski definition) is 4. The zero-order valence-corrected chi connectivity index (χ0v) is 11.6. The molecule has 1 aromatic rings. The number of rotatable bonds is 4. The number of sulfone groups is 1. The summed E-state index contributed by atoms with van der Waals surface area (Å²) in [6, 6.07) is 4.28. The van der Waals surface area contributed by atoms with E-state index in [9.17, 15) is 8.42 Å². The maximum atomic E-state index is 11.4. The Labute approximate surface area is 106 Å². The molecule has 1 N–H and O–H groups in total. The maximum absolute atomic E-state index is 11.4. The fourth-order valence-corrected chi connectivity index (χ4v) is 4.19. The smallest absolute Gasteiger partial charge is 0.173 e. The quantitative estimate of drug-likeness (QED) is 0.914. The fourth-order valence-electron chi connectivity index (χ4n) is 1.98. The van der Waals surface area contributed by atoms with Gasteiger partial charge >= 0.3 is 0 Å². The van der Waals surface area contributed by atoms with Gasteiger partial charge in [0.2, 0.25) is 0 Å². The zero-order valence-electron chi connectivity index (χ0n) is 9.96. The van der Waals surface area contributed by atoms with Gasteiger partial charge in [0.05, 0.1) is 5.75 Å². The lowest BCUT2D eigenvalue weighted by atomic mass is 10.0. The highest BCUT2D eigenvalue weighted by atomic mass is 32.2. The van der Waals surface area contributed by atoms with Crippen LogP contribution in [0.1, 0.15) is 24.8 Å². The van der Waals surface area contributed by atoms with Crippen LogP contribution in [0, 0.1) is 5.92 Å². The maximum Gasteiger partial charge on any atom is 0.173 e. The summed E-state index contributed by atoms with van der Waals surface area (Å²) in [7, 11) is -2.98. The summed E-state index contributed by atoms with van der Waals surface area (Å²) in [6.07, 6.45) is 1.75. The van der Waals surface area contributed by atoms with Crippen molar-refractivity contribution in [2.75, 3.05) is 5.75 Å². The fraction of sp³-hybridized carbons (Fsp3) is 0.500. The van der Waals surface area contributed by atoms with Crippen molar-refractivity contribution in [2.24, 2.45) is 5.92 Å². The topological polar surface area (TPSA) is 46.2 Å². The third kappa shape index (κ3) is 3.18. The van der Waals surface area contributed by atoms with E-state index in [1.54, 1.807) is 17.4 Å². The molecule has 0 amide bonds. The molecule has 2 rings (SSSR count). The Hall–Kier alpha value is -0.650. The molecule has 0 saturated heterocycles. The lowest BCUT2D eigenvalue weighted by molar-refractivity contribution is 0.402. The van der Waals surface area contributed by atoms with Gasteiger partial charge in [0.1, 0.15) is 0 Å². The van der Waals surface area contributed by atoms with Gasteiger partial charge in [-0.05, 0) is 17.4 Å². The minimum atomic E-state index is -2.98. The second-order valence-corrected chi connectivity index (χ2v) is 7.58. The zero-order chi connectivity index (χ0) is 12.5. The van der Waals surface area contributed by atoms with Crippen molar-refractivity contribution in [3.05, 3.63) is 33.9 Å². The Morgan fingerprint density at radius 1 is 1.47 bits per heavy atom. The van der Waals surface area contributed by atoms with Gasteiger partial charge in [-0.25, -0.2) is 8.42 Å². The Morgan fingerprint density at radius 3 is 2.71 bits per heavy atom. The van der Waals surface area contributed by atoms with Crippen LogP contribution in [0.2, 0.25) is 0 Å². The van der Waals surface area contributed by atoms with Crippen molar-refractivity contribution in [3.8, 4) is 0 Å². The van der Waals surface area contributed by atoms with Crippen LogP contribution in [0.3, 0.4) is 0 Å². The first-order valence-corrected chi connectivity index (χ1v) is 8.28. The molecule has 0 aromatic carbocycles. The van der Waals surface area contributed by atoms with Gasteiger partial charge in [-0.1, -0.05) is 26.0 Å². The van der Waals surface area contributed by atoms with Crippen molar-refractivity contribution >= 4 is 21.2 Å². The standard InChI is InChI=1S/C12H17NO2S2/c1-9(2)12(11-4-3-6-16-11)13-10-5-7-17(14,15)8-10/h3-7,9-10,12-13H,8H2,1-2H3. The molecule has 1 aromatic heterocycles. The number of nitrogens with one attached hydrogen (secondary N) is 1. The highest BCUT2D eigenvalue weighted by molar-refractivity contribution is 7.94. The Bertz CT molecular complexity index is 489. The van der Waals surface area contributed by atoms with Crippen LogP contribution in [-0.4, -0.2) is 20.2 Å². The van der Waals surface area contributed by atoms with Crippen LogP contribution in [0.5, 0.6) is 0 Å². The SMILES string of the molecule is CC(C)C(NC1C=CS(=O)(=O)C1)c1cccs1. The number of thiophene rings is 1. The van der Waals surface area contributed by atoms with Crippen molar-refractivity contribution in [1.29, 1.82) is 0 Å². The molecule has 0 fully saturated rings. The van der Waals surface area contributed by atoms with Gasteiger partial charge < -0.3 is 5.32 Å². The molecular formula is C12H17NO2S2. The van der Waals surface area contributed by atoms with Crippen LogP contribution in [-0.2, 0) is 9.84 Å². The lowest BCUT2D eigenvalue weighted by Crippen LogP contribution is -2.35. The van der Waals surface area contributed by atoms with Crippen molar-refractivity contribution in [1.82, 2.24) is 5.32 Å². The van der Waals surface area contributed by atoms with Gasteiger partial charge in [-0.2, -0.15) is 0 Å². The van der Waals surface area contributed by atoms with E-state index < -0.39 is 9.84 Å². The van der Waals surface area contributed by atoms with Crippen LogP contribution in [0.15, 0.2) is 29.0 Å². The Morgan fingerprint density at radius 2 is 2.24 bits per heavy atom. The van der Waals surface area contributed by atoms with E-state index in [-0.39, 0.29) is 17.8 Å². The van der Waals surface area contributed by atoms with Crippen molar-refractivity contribution in [3.63, 3.8) is 0 Å². The molecule has 1 aliphatic heterocycles. The molecule has 2 unspecified atom stereocenters. The average Bonchev–Trinajstić information content (AvgIpc) is 2.83. The molecule has 0 radical (unpaired) electrons. The first kappa shape index (κ1) is 12.8. The normalized spacial score (nSPS) is 24.3. The molecule has 17 heavy (non-hydrogen) atoms. The first-order chi connectivity index (χ1) is 7.98. The molecule has 0 aliphatic carbocycles. The van der Waals surface area contributed by atoms with E-state index in [0.717, 1.165) is 0 Å². The highest BCUT2D eigenvalue weighted by Gasteiger charge is 2.26. The lowest BCUT2D eigenvalue weighted by Gasteiger charge is -2.24. The number of hydrogen-bond donors (Lipinski definition) is 1. The second kappa shape index (κ2) is 4.92. The third-order valence-electron chi connectivity index (χ3n) is 2.84. The molecule has 2 atom stereocenters. The monoisotopic (exact) mass is 271 g/mol. The van der Waals surface area contributed by atoms with Crippen molar-refractivity contribution in [2.45, 2.75) is 25.9 Å². The van der Waals surface area contributed by atoms with E-state index in [2.05, 4.69) is 25.2 Å². The average molecular weight is 271 g/mol. The summed E-state index contributed by atoms with van der Waals surface area (Å²) in [5.74, 6) is 0.618. The second-order valence-electron chi connectivity index (χ2n) is 4.67. The third-order valence-corrected chi connectivity index (χ3v) is 5.19. The largest absolute Gasteiger partial charge is 0.302 e. The molecular weight excluding hydrogens is 254 g/mol. The molecule has 2 heterocycles. The van der Waals surface area contributed by atoms with Crippen LogP contribution < -0.4 is 5.32 Å². The summed E-state index contributed by atoms with van der Waals surface area (Å²) < 4.78 is 22.7. The van der Waals surface area contributed by atoms with E-state index in [1.165, 1.54) is 10.3 Å². The van der Waals surface area contributed by atoms with Crippen LogP contribution in [0.25, 0.3) is 0 Å². The predicted molar refractivity (Wildman–Crippen MR) is 71.7 cm³/mol. The summed E-state index contributed by atoms with van der Waals surface area (Å²) in [5, 5.41) is 6.78. The highest BCUT2D eigenvalue weighted by Crippen LogP contribution is 2.27. The van der Waals surface area contributed by atoms with E-state index in [4.69, 9.17) is 0 Å². The van der Waals surface area contributed by atoms with E-state index in [1.807, 2.05) is 11.4 Å². The summed E-state index contributed by atoms with van der Waals surface area (Å²) in [4.78, 5) is 1.26.